The molecule has 3 heteroatoms. The van der Waals surface area contributed by atoms with Crippen molar-refractivity contribution in [1.29, 1.82) is 0 Å². The summed E-state index contributed by atoms with van der Waals surface area (Å²) in [5.74, 6) is 0.834. The van der Waals surface area contributed by atoms with Crippen LogP contribution >= 0.6 is 23.2 Å². The van der Waals surface area contributed by atoms with Crippen molar-refractivity contribution in [3.63, 3.8) is 0 Å². The van der Waals surface area contributed by atoms with E-state index in [1.165, 1.54) is 0 Å². The molecule has 1 aromatic rings. The number of alkyl halides is 1. The van der Waals surface area contributed by atoms with Crippen molar-refractivity contribution >= 4 is 23.2 Å². The van der Waals surface area contributed by atoms with Gasteiger partial charge >= 0.3 is 0 Å². The molecule has 0 saturated heterocycles. The van der Waals surface area contributed by atoms with E-state index in [1.807, 2.05) is 24.3 Å². The van der Waals surface area contributed by atoms with Gasteiger partial charge in [-0.3, -0.25) is 0 Å². The molecule has 0 N–H and O–H groups in total. The van der Waals surface area contributed by atoms with Crippen molar-refractivity contribution in [1.82, 2.24) is 0 Å². The standard InChI is InChI=1S/C13H16Cl2O/c1-3-13(2)11(15)8-12(13)16-10-6-4-5-9(14)7-10/h4-7,11-12H,3,8H2,1-2H3. The number of benzene rings is 1. The average molecular weight is 259 g/mol. The van der Waals surface area contributed by atoms with Gasteiger partial charge in [0.25, 0.3) is 0 Å². The van der Waals surface area contributed by atoms with Crippen LogP contribution < -0.4 is 4.74 Å². The van der Waals surface area contributed by atoms with Crippen LogP contribution in [0.2, 0.25) is 5.02 Å². The maximum Gasteiger partial charge on any atom is 0.121 e. The normalized spacial score (nSPS) is 33.2. The fourth-order valence-electron chi connectivity index (χ4n) is 2.10. The Labute approximate surface area is 107 Å². The molecule has 1 aliphatic carbocycles. The van der Waals surface area contributed by atoms with Gasteiger partial charge in [0.2, 0.25) is 0 Å². The monoisotopic (exact) mass is 258 g/mol. The maximum atomic E-state index is 6.24. The predicted octanol–water partition coefficient (Wildman–Crippen LogP) is 4.51. The van der Waals surface area contributed by atoms with Crippen LogP contribution in [0.3, 0.4) is 0 Å². The summed E-state index contributed by atoms with van der Waals surface area (Å²) < 4.78 is 5.94. The lowest BCUT2D eigenvalue weighted by Crippen LogP contribution is -2.55. The lowest BCUT2D eigenvalue weighted by atomic mass is 9.65. The highest BCUT2D eigenvalue weighted by molar-refractivity contribution is 6.30. The van der Waals surface area contributed by atoms with E-state index in [0.717, 1.165) is 18.6 Å². The Morgan fingerprint density at radius 1 is 1.50 bits per heavy atom. The molecule has 1 fully saturated rings. The fraction of sp³-hybridized carbons (Fsp3) is 0.538. The molecular weight excluding hydrogens is 243 g/mol. The van der Waals surface area contributed by atoms with Crippen LogP contribution in [0.15, 0.2) is 24.3 Å². The zero-order valence-corrected chi connectivity index (χ0v) is 11.1. The van der Waals surface area contributed by atoms with E-state index in [0.29, 0.717) is 5.02 Å². The fourth-order valence-corrected chi connectivity index (χ4v) is 2.74. The minimum atomic E-state index is 0.0872. The zero-order chi connectivity index (χ0) is 11.8. The lowest BCUT2D eigenvalue weighted by Gasteiger charge is -2.50. The lowest BCUT2D eigenvalue weighted by molar-refractivity contribution is -0.0294. The molecule has 16 heavy (non-hydrogen) atoms. The molecule has 88 valence electrons. The first-order valence-electron chi connectivity index (χ1n) is 5.62. The van der Waals surface area contributed by atoms with E-state index in [2.05, 4.69) is 13.8 Å². The summed E-state index contributed by atoms with van der Waals surface area (Å²) in [5, 5.41) is 0.930. The third kappa shape index (κ3) is 2.03. The van der Waals surface area contributed by atoms with Crippen molar-refractivity contribution in [2.24, 2.45) is 5.41 Å². The first-order chi connectivity index (χ1) is 7.56. The summed E-state index contributed by atoms with van der Waals surface area (Å²) >= 11 is 12.2. The molecule has 0 aliphatic heterocycles. The molecule has 3 unspecified atom stereocenters. The Morgan fingerprint density at radius 2 is 2.25 bits per heavy atom. The molecule has 0 aromatic heterocycles. The second-order valence-corrected chi connectivity index (χ2v) is 5.59. The summed E-state index contributed by atoms with van der Waals surface area (Å²) in [5.41, 5.74) is 0.0872. The highest BCUT2D eigenvalue weighted by atomic mass is 35.5. The van der Waals surface area contributed by atoms with Crippen LogP contribution in [0.4, 0.5) is 0 Å². The Kier molecular flexibility index (Phi) is 3.37. The quantitative estimate of drug-likeness (QED) is 0.725. The van der Waals surface area contributed by atoms with Gasteiger partial charge in [0, 0.05) is 22.2 Å². The smallest absolute Gasteiger partial charge is 0.121 e. The van der Waals surface area contributed by atoms with Crippen LogP contribution in [0.5, 0.6) is 5.75 Å². The van der Waals surface area contributed by atoms with Crippen LogP contribution in [0, 0.1) is 5.41 Å². The number of rotatable bonds is 3. The Hall–Kier alpha value is -0.400. The second-order valence-electron chi connectivity index (χ2n) is 4.63. The van der Waals surface area contributed by atoms with Gasteiger partial charge < -0.3 is 4.74 Å². The van der Waals surface area contributed by atoms with Gasteiger partial charge in [-0.15, -0.1) is 11.6 Å². The van der Waals surface area contributed by atoms with Crippen LogP contribution in [0.25, 0.3) is 0 Å². The van der Waals surface area contributed by atoms with Crippen molar-refractivity contribution < 1.29 is 4.74 Å². The highest BCUT2D eigenvalue weighted by Crippen LogP contribution is 2.49. The summed E-state index contributed by atoms with van der Waals surface area (Å²) in [6.45, 7) is 4.34. The third-order valence-corrected chi connectivity index (χ3v) is 4.62. The SMILES string of the molecule is CCC1(C)C(Cl)CC1Oc1cccc(Cl)c1. The topological polar surface area (TPSA) is 9.23 Å². The molecule has 2 rings (SSSR count). The molecular formula is C13H16Cl2O. The van der Waals surface area contributed by atoms with Crippen molar-refractivity contribution in [2.75, 3.05) is 0 Å². The van der Waals surface area contributed by atoms with E-state index in [-0.39, 0.29) is 16.9 Å². The number of halogens is 2. The van der Waals surface area contributed by atoms with Gasteiger partial charge in [0.05, 0.1) is 0 Å². The first kappa shape index (κ1) is 12.1. The summed E-state index contributed by atoms with van der Waals surface area (Å²) in [4.78, 5) is 0. The highest BCUT2D eigenvalue weighted by Gasteiger charge is 2.51. The first-order valence-corrected chi connectivity index (χ1v) is 6.44. The molecule has 1 saturated carbocycles. The van der Waals surface area contributed by atoms with E-state index < -0.39 is 0 Å². The number of hydrogen-bond acceptors (Lipinski definition) is 1. The minimum absolute atomic E-state index is 0.0872. The average Bonchev–Trinajstić information content (AvgIpc) is 2.27. The molecule has 0 radical (unpaired) electrons. The molecule has 0 amide bonds. The van der Waals surface area contributed by atoms with Gasteiger partial charge in [-0.2, -0.15) is 0 Å². The van der Waals surface area contributed by atoms with Crippen molar-refractivity contribution in [2.45, 2.75) is 38.2 Å². The molecule has 0 bridgehead atoms. The summed E-state index contributed by atoms with van der Waals surface area (Å²) in [6, 6.07) is 7.53. The number of hydrogen-bond donors (Lipinski definition) is 0. The van der Waals surface area contributed by atoms with Gasteiger partial charge in [0.15, 0.2) is 0 Å². The largest absolute Gasteiger partial charge is 0.490 e. The zero-order valence-electron chi connectivity index (χ0n) is 9.54. The molecule has 1 aromatic carbocycles. The van der Waals surface area contributed by atoms with Crippen LogP contribution in [-0.2, 0) is 0 Å². The minimum Gasteiger partial charge on any atom is -0.490 e. The molecule has 3 atom stereocenters. The summed E-state index contributed by atoms with van der Waals surface area (Å²) in [7, 11) is 0. The Balaban J connectivity index is 2.06. The van der Waals surface area contributed by atoms with Gasteiger partial charge in [-0.1, -0.05) is 31.5 Å². The Bertz CT molecular complexity index is 380. The van der Waals surface area contributed by atoms with Gasteiger partial charge in [-0.25, -0.2) is 0 Å². The van der Waals surface area contributed by atoms with E-state index in [9.17, 15) is 0 Å². The van der Waals surface area contributed by atoms with Gasteiger partial charge in [0.1, 0.15) is 11.9 Å². The van der Waals surface area contributed by atoms with Crippen LogP contribution in [0.1, 0.15) is 26.7 Å². The Morgan fingerprint density at radius 3 is 2.81 bits per heavy atom. The number of ether oxygens (including phenoxy) is 1. The second kappa shape index (κ2) is 4.46. The van der Waals surface area contributed by atoms with E-state index in [4.69, 9.17) is 27.9 Å². The maximum absolute atomic E-state index is 6.24. The predicted molar refractivity (Wildman–Crippen MR) is 68.5 cm³/mol. The van der Waals surface area contributed by atoms with Gasteiger partial charge in [-0.05, 0) is 24.6 Å². The van der Waals surface area contributed by atoms with E-state index >= 15 is 0 Å². The molecule has 1 nitrogen and oxygen atoms in total. The van der Waals surface area contributed by atoms with Crippen LogP contribution in [-0.4, -0.2) is 11.5 Å². The molecule has 0 heterocycles. The third-order valence-electron chi connectivity index (χ3n) is 3.71. The summed E-state index contributed by atoms with van der Waals surface area (Å²) in [6.07, 6.45) is 2.16. The molecule has 1 aliphatic rings. The van der Waals surface area contributed by atoms with E-state index in [1.54, 1.807) is 0 Å². The van der Waals surface area contributed by atoms with Crippen molar-refractivity contribution in [3.05, 3.63) is 29.3 Å². The molecule has 0 spiro atoms. The van der Waals surface area contributed by atoms with Crippen molar-refractivity contribution in [3.8, 4) is 5.75 Å².